The molecular formula is C10H14BrN5O2S. The van der Waals surface area contributed by atoms with Gasteiger partial charge in [-0.2, -0.15) is 10.2 Å². The molecule has 2 rings (SSSR count). The smallest absolute Gasteiger partial charge is 0.244 e. The first kappa shape index (κ1) is 14.2. The second kappa shape index (κ2) is 5.43. The van der Waals surface area contributed by atoms with Gasteiger partial charge in [0.1, 0.15) is 4.90 Å². The first-order valence-electron chi connectivity index (χ1n) is 5.56. The van der Waals surface area contributed by atoms with Crippen LogP contribution < -0.4 is 4.72 Å². The second-order valence-corrected chi connectivity index (χ2v) is 6.72. The summed E-state index contributed by atoms with van der Waals surface area (Å²) in [7, 11) is -1.83. The summed E-state index contributed by atoms with van der Waals surface area (Å²) in [6.07, 6.45) is 4.92. The van der Waals surface area contributed by atoms with E-state index < -0.39 is 10.0 Å². The van der Waals surface area contributed by atoms with Crippen LogP contribution in [0.1, 0.15) is 5.69 Å². The lowest BCUT2D eigenvalue weighted by atomic mass is 10.5. The number of hydrogen-bond acceptors (Lipinski definition) is 4. The van der Waals surface area contributed by atoms with Crippen molar-refractivity contribution < 1.29 is 8.42 Å². The summed E-state index contributed by atoms with van der Waals surface area (Å²) in [5.74, 6) is 0. The summed E-state index contributed by atoms with van der Waals surface area (Å²) in [6.45, 7) is 2.40. The van der Waals surface area contributed by atoms with E-state index in [2.05, 4.69) is 30.8 Å². The summed E-state index contributed by atoms with van der Waals surface area (Å²) in [5.41, 5.74) is 0.483. The molecule has 2 aromatic heterocycles. The number of halogens is 1. The van der Waals surface area contributed by atoms with Crippen molar-refractivity contribution >= 4 is 26.0 Å². The van der Waals surface area contributed by atoms with E-state index in [0.717, 1.165) is 4.47 Å². The minimum Gasteiger partial charge on any atom is -0.274 e. The number of nitrogens with zero attached hydrogens (tertiary/aromatic N) is 4. The van der Waals surface area contributed by atoms with Gasteiger partial charge in [-0.15, -0.1) is 0 Å². The monoisotopic (exact) mass is 347 g/mol. The minimum atomic E-state index is -3.52. The Kier molecular flexibility index (Phi) is 4.07. The van der Waals surface area contributed by atoms with Gasteiger partial charge >= 0.3 is 0 Å². The predicted octanol–water partition coefficient (Wildman–Crippen LogP) is 0.666. The fourth-order valence-electron chi connectivity index (χ4n) is 1.67. The van der Waals surface area contributed by atoms with Crippen LogP contribution in [0, 0.1) is 6.92 Å². The first-order chi connectivity index (χ1) is 8.88. The molecule has 9 heteroatoms. The third-order valence-electron chi connectivity index (χ3n) is 2.49. The summed E-state index contributed by atoms with van der Waals surface area (Å²) in [4.78, 5) is 0.205. The van der Waals surface area contributed by atoms with Crippen molar-refractivity contribution in [1.29, 1.82) is 0 Å². The molecular weight excluding hydrogens is 334 g/mol. The van der Waals surface area contributed by atoms with E-state index in [-0.39, 0.29) is 11.4 Å². The molecule has 0 saturated heterocycles. The normalized spacial score (nSPS) is 11.9. The SMILES string of the molecule is Cc1nn(C)cc1S(=O)(=O)NCCn1cc(Br)cn1. The Morgan fingerprint density at radius 3 is 2.68 bits per heavy atom. The molecule has 0 unspecified atom stereocenters. The Labute approximate surface area is 119 Å². The van der Waals surface area contributed by atoms with Crippen molar-refractivity contribution in [2.75, 3.05) is 6.54 Å². The van der Waals surface area contributed by atoms with Crippen LogP contribution in [-0.2, 0) is 23.6 Å². The second-order valence-electron chi connectivity index (χ2n) is 4.07. The summed E-state index contributed by atoms with van der Waals surface area (Å²) < 4.78 is 30.6. The number of sulfonamides is 1. The Hall–Kier alpha value is -1.19. The van der Waals surface area contributed by atoms with E-state index >= 15 is 0 Å². The number of aryl methyl sites for hydroxylation is 2. The third-order valence-corrected chi connectivity index (χ3v) is 4.47. The molecule has 2 aromatic rings. The van der Waals surface area contributed by atoms with Crippen LogP contribution >= 0.6 is 15.9 Å². The molecule has 0 saturated carbocycles. The number of hydrogen-bond donors (Lipinski definition) is 1. The van der Waals surface area contributed by atoms with Crippen molar-refractivity contribution in [1.82, 2.24) is 24.3 Å². The Morgan fingerprint density at radius 2 is 2.16 bits per heavy atom. The Balaban J connectivity index is 2.00. The van der Waals surface area contributed by atoms with Gasteiger partial charge in [-0.1, -0.05) is 0 Å². The van der Waals surface area contributed by atoms with Crippen molar-refractivity contribution in [3.63, 3.8) is 0 Å². The van der Waals surface area contributed by atoms with Crippen LogP contribution in [0.2, 0.25) is 0 Å². The van der Waals surface area contributed by atoms with Gasteiger partial charge in [0.25, 0.3) is 0 Å². The van der Waals surface area contributed by atoms with Gasteiger partial charge in [-0.3, -0.25) is 9.36 Å². The molecule has 0 aliphatic heterocycles. The molecule has 0 fully saturated rings. The highest BCUT2D eigenvalue weighted by molar-refractivity contribution is 9.10. The van der Waals surface area contributed by atoms with Crippen molar-refractivity contribution in [3.8, 4) is 0 Å². The predicted molar refractivity (Wildman–Crippen MR) is 73.1 cm³/mol. The van der Waals surface area contributed by atoms with Crippen LogP contribution in [0.5, 0.6) is 0 Å². The highest BCUT2D eigenvalue weighted by atomic mass is 79.9. The number of rotatable bonds is 5. The van der Waals surface area contributed by atoms with E-state index in [1.54, 1.807) is 31.0 Å². The zero-order valence-corrected chi connectivity index (χ0v) is 12.9. The van der Waals surface area contributed by atoms with E-state index in [1.807, 2.05) is 0 Å². The molecule has 0 radical (unpaired) electrons. The quantitative estimate of drug-likeness (QED) is 0.861. The molecule has 0 atom stereocenters. The van der Waals surface area contributed by atoms with Gasteiger partial charge in [0, 0.05) is 26.0 Å². The van der Waals surface area contributed by atoms with E-state index in [0.29, 0.717) is 12.2 Å². The Morgan fingerprint density at radius 1 is 1.42 bits per heavy atom. The topological polar surface area (TPSA) is 81.8 Å². The largest absolute Gasteiger partial charge is 0.274 e. The zero-order chi connectivity index (χ0) is 14.0. The average Bonchev–Trinajstić information content (AvgIpc) is 2.85. The van der Waals surface area contributed by atoms with E-state index in [1.165, 1.54) is 10.9 Å². The van der Waals surface area contributed by atoms with Gasteiger partial charge in [0.2, 0.25) is 10.0 Å². The molecule has 104 valence electrons. The molecule has 0 aliphatic carbocycles. The van der Waals surface area contributed by atoms with Gasteiger partial charge < -0.3 is 0 Å². The molecule has 0 aromatic carbocycles. The fraction of sp³-hybridized carbons (Fsp3) is 0.400. The van der Waals surface area contributed by atoms with Gasteiger partial charge in [-0.05, 0) is 22.9 Å². The Bertz CT molecular complexity index is 676. The average molecular weight is 348 g/mol. The molecule has 19 heavy (non-hydrogen) atoms. The molecule has 0 spiro atoms. The minimum absolute atomic E-state index is 0.205. The number of aromatic nitrogens is 4. The maximum atomic E-state index is 12.1. The van der Waals surface area contributed by atoms with Crippen LogP contribution in [0.25, 0.3) is 0 Å². The summed E-state index contributed by atoms with van der Waals surface area (Å²) in [6, 6.07) is 0. The van der Waals surface area contributed by atoms with Crippen LogP contribution in [0.15, 0.2) is 28.0 Å². The van der Waals surface area contributed by atoms with Gasteiger partial charge in [0.15, 0.2) is 0 Å². The first-order valence-corrected chi connectivity index (χ1v) is 7.84. The molecule has 0 bridgehead atoms. The van der Waals surface area contributed by atoms with E-state index in [4.69, 9.17) is 0 Å². The number of nitrogens with one attached hydrogen (secondary N) is 1. The third kappa shape index (κ3) is 3.43. The fourth-order valence-corrected chi connectivity index (χ4v) is 3.24. The standard InChI is InChI=1S/C10H14BrN5O2S/c1-8-10(7-15(2)14-8)19(17,18)13-3-4-16-6-9(11)5-12-16/h5-7,13H,3-4H2,1-2H3. The van der Waals surface area contributed by atoms with Crippen molar-refractivity contribution in [2.24, 2.45) is 7.05 Å². The molecule has 1 N–H and O–H groups in total. The molecule has 0 amide bonds. The van der Waals surface area contributed by atoms with Crippen LogP contribution in [-0.4, -0.2) is 34.5 Å². The van der Waals surface area contributed by atoms with Crippen molar-refractivity contribution in [3.05, 3.63) is 28.8 Å². The van der Waals surface area contributed by atoms with E-state index in [9.17, 15) is 8.42 Å². The summed E-state index contributed by atoms with van der Waals surface area (Å²) >= 11 is 3.28. The lowest BCUT2D eigenvalue weighted by Gasteiger charge is -2.05. The summed E-state index contributed by atoms with van der Waals surface area (Å²) in [5, 5.41) is 8.07. The lowest BCUT2D eigenvalue weighted by Crippen LogP contribution is -2.27. The zero-order valence-electron chi connectivity index (χ0n) is 10.5. The lowest BCUT2D eigenvalue weighted by molar-refractivity contribution is 0.560. The van der Waals surface area contributed by atoms with Gasteiger partial charge in [-0.25, -0.2) is 13.1 Å². The highest BCUT2D eigenvalue weighted by Gasteiger charge is 2.19. The van der Waals surface area contributed by atoms with Crippen LogP contribution in [0.4, 0.5) is 0 Å². The highest BCUT2D eigenvalue weighted by Crippen LogP contribution is 2.12. The maximum absolute atomic E-state index is 12.1. The van der Waals surface area contributed by atoms with Crippen LogP contribution in [0.3, 0.4) is 0 Å². The molecule has 2 heterocycles. The van der Waals surface area contributed by atoms with Crippen molar-refractivity contribution in [2.45, 2.75) is 18.4 Å². The molecule has 0 aliphatic rings. The molecule has 7 nitrogen and oxygen atoms in total. The van der Waals surface area contributed by atoms with Gasteiger partial charge in [0.05, 0.1) is 22.9 Å². The maximum Gasteiger partial charge on any atom is 0.244 e.